The first-order chi connectivity index (χ1) is 5.04. The number of rotatable bonds is 4. The summed E-state index contributed by atoms with van der Waals surface area (Å²) in [5, 5.41) is 8.79. The van der Waals surface area contributed by atoms with E-state index in [4.69, 9.17) is 9.84 Å². The standard InChI is InChI=1S/C8H14O3/c1-6(2)8(10)11-5-4-7(3)9/h7,9H,1,4-5H2,2-3H3. The molecule has 0 aliphatic heterocycles. The van der Waals surface area contributed by atoms with Crippen LogP contribution in [0.4, 0.5) is 0 Å². The van der Waals surface area contributed by atoms with Crippen LogP contribution in [0.1, 0.15) is 20.3 Å². The highest BCUT2D eigenvalue weighted by Gasteiger charge is 2.03. The summed E-state index contributed by atoms with van der Waals surface area (Å²) in [6.07, 6.45) is 0.0480. The molecule has 0 rings (SSSR count). The SMILES string of the molecule is C=C(C)C(=O)OCCC(C)O. The van der Waals surface area contributed by atoms with Crippen molar-refractivity contribution in [1.29, 1.82) is 0 Å². The summed E-state index contributed by atoms with van der Waals surface area (Å²) in [4.78, 5) is 10.7. The van der Waals surface area contributed by atoms with Crippen LogP contribution in [0.5, 0.6) is 0 Å². The monoisotopic (exact) mass is 158 g/mol. The quantitative estimate of drug-likeness (QED) is 0.488. The van der Waals surface area contributed by atoms with Crippen molar-refractivity contribution in [2.24, 2.45) is 0 Å². The van der Waals surface area contributed by atoms with E-state index in [2.05, 4.69) is 6.58 Å². The van der Waals surface area contributed by atoms with Gasteiger partial charge in [0.2, 0.25) is 0 Å². The largest absolute Gasteiger partial charge is 0.462 e. The number of hydrogen-bond acceptors (Lipinski definition) is 3. The molecule has 0 spiro atoms. The van der Waals surface area contributed by atoms with Gasteiger partial charge in [-0.15, -0.1) is 0 Å². The van der Waals surface area contributed by atoms with Crippen LogP contribution in [-0.4, -0.2) is 23.8 Å². The van der Waals surface area contributed by atoms with Crippen LogP contribution in [0.15, 0.2) is 12.2 Å². The van der Waals surface area contributed by atoms with Crippen LogP contribution in [-0.2, 0) is 9.53 Å². The van der Waals surface area contributed by atoms with Crippen LogP contribution in [0.25, 0.3) is 0 Å². The molecular weight excluding hydrogens is 144 g/mol. The van der Waals surface area contributed by atoms with Crippen molar-refractivity contribution in [1.82, 2.24) is 0 Å². The van der Waals surface area contributed by atoms with E-state index in [1.165, 1.54) is 0 Å². The van der Waals surface area contributed by atoms with E-state index in [9.17, 15) is 4.79 Å². The van der Waals surface area contributed by atoms with Gasteiger partial charge in [-0.2, -0.15) is 0 Å². The van der Waals surface area contributed by atoms with E-state index in [0.717, 1.165) is 0 Å². The van der Waals surface area contributed by atoms with E-state index in [1.54, 1.807) is 13.8 Å². The molecule has 0 saturated heterocycles. The van der Waals surface area contributed by atoms with Gasteiger partial charge < -0.3 is 9.84 Å². The van der Waals surface area contributed by atoms with Gasteiger partial charge in [0.25, 0.3) is 0 Å². The second kappa shape index (κ2) is 4.91. The minimum absolute atomic E-state index is 0.253. The van der Waals surface area contributed by atoms with Crippen molar-refractivity contribution in [2.45, 2.75) is 26.4 Å². The third kappa shape index (κ3) is 5.61. The fourth-order valence-electron chi connectivity index (χ4n) is 0.445. The lowest BCUT2D eigenvalue weighted by molar-refractivity contribution is -0.139. The average molecular weight is 158 g/mol. The Kier molecular flexibility index (Phi) is 4.54. The van der Waals surface area contributed by atoms with Gasteiger partial charge in [-0.3, -0.25) is 0 Å². The van der Waals surface area contributed by atoms with Crippen LogP contribution < -0.4 is 0 Å². The molecule has 0 heterocycles. The molecule has 64 valence electrons. The fourth-order valence-corrected chi connectivity index (χ4v) is 0.445. The van der Waals surface area contributed by atoms with Crippen molar-refractivity contribution >= 4 is 5.97 Å². The van der Waals surface area contributed by atoms with Crippen molar-refractivity contribution in [3.05, 3.63) is 12.2 Å². The molecule has 0 radical (unpaired) electrons. The molecule has 1 atom stereocenters. The van der Waals surface area contributed by atoms with E-state index in [1.807, 2.05) is 0 Å². The van der Waals surface area contributed by atoms with Crippen LogP contribution >= 0.6 is 0 Å². The minimum atomic E-state index is -0.423. The summed E-state index contributed by atoms with van der Waals surface area (Å²) < 4.78 is 4.72. The van der Waals surface area contributed by atoms with Crippen LogP contribution in [0, 0.1) is 0 Å². The number of carbonyl (C=O) groups is 1. The van der Waals surface area contributed by atoms with E-state index in [-0.39, 0.29) is 6.61 Å². The molecule has 0 bridgehead atoms. The molecule has 0 aromatic carbocycles. The number of carbonyl (C=O) groups excluding carboxylic acids is 1. The third-order valence-electron chi connectivity index (χ3n) is 1.12. The Morgan fingerprint density at radius 1 is 1.73 bits per heavy atom. The maximum absolute atomic E-state index is 10.7. The first kappa shape index (κ1) is 10.2. The summed E-state index contributed by atoms with van der Waals surface area (Å²) >= 11 is 0. The van der Waals surface area contributed by atoms with Gasteiger partial charge in [-0.1, -0.05) is 6.58 Å². The first-order valence-electron chi connectivity index (χ1n) is 3.54. The van der Waals surface area contributed by atoms with Crippen molar-refractivity contribution in [3.8, 4) is 0 Å². The zero-order valence-electron chi connectivity index (χ0n) is 6.96. The lowest BCUT2D eigenvalue weighted by Crippen LogP contribution is -2.10. The molecule has 0 saturated carbocycles. The summed E-state index contributed by atoms with van der Waals surface area (Å²) in [5.74, 6) is -0.398. The van der Waals surface area contributed by atoms with Gasteiger partial charge in [-0.25, -0.2) is 4.79 Å². The highest BCUT2D eigenvalue weighted by Crippen LogP contribution is 1.95. The predicted octanol–water partition coefficient (Wildman–Crippen LogP) is 0.877. The molecular formula is C8H14O3. The normalized spacial score (nSPS) is 12.3. The van der Waals surface area contributed by atoms with Crippen LogP contribution in [0.3, 0.4) is 0 Å². The van der Waals surface area contributed by atoms with Gasteiger partial charge in [0.1, 0.15) is 0 Å². The zero-order chi connectivity index (χ0) is 8.85. The number of esters is 1. The number of ether oxygens (including phenoxy) is 1. The molecule has 3 heteroatoms. The summed E-state index contributed by atoms with van der Waals surface area (Å²) in [7, 11) is 0. The van der Waals surface area contributed by atoms with Gasteiger partial charge in [0.15, 0.2) is 0 Å². The number of aliphatic hydroxyl groups is 1. The minimum Gasteiger partial charge on any atom is -0.462 e. The summed E-state index contributed by atoms with van der Waals surface area (Å²) in [6.45, 7) is 6.90. The second-order valence-corrected chi connectivity index (χ2v) is 2.55. The lowest BCUT2D eigenvalue weighted by Gasteiger charge is -2.05. The second-order valence-electron chi connectivity index (χ2n) is 2.55. The molecule has 3 nitrogen and oxygen atoms in total. The zero-order valence-corrected chi connectivity index (χ0v) is 6.96. The Morgan fingerprint density at radius 3 is 2.64 bits per heavy atom. The third-order valence-corrected chi connectivity index (χ3v) is 1.12. The molecule has 0 aliphatic rings. The number of hydrogen-bond donors (Lipinski definition) is 1. The summed E-state index contributed by atoms with van der Waals surface area (Å²) in [6, 6.07) is 0. The first-order valence-corrected chi connectivity index (χ1v) is 3.54. The lowest BCUT2D eigenvalue weighted by atomic mass is 10.3. The van der Waals surface area contributed by atoms with Crippen LogP contribution in [0.2, 0.25) is 0 Å². The van der Waals surface area contributed by atoms with E-state index >= 15 is 0 Å². The fraction of sp³-hybridized carbons (Fsp3) is 0.625. The summed E-state index contributed by atoms with van der Waals surface area (Å²) in [5.41, 5.74) is 0.385. The number of aliphatic hydroxyl groups excluding tert-OH is 1. The van der Waals surface area contributed by atoms with Gasteiger partial charge in [0.05, 0.1) is 12.7 Å². The average Bonchev–Trinajstić information content (AvgIpc) is 1.86. The van der Waals surface area contributed by atoms with Gasteiger partial charge in [0, 0.05) is 12.0 Å². The van der Waals surface area contributed by atoms with Crippen molar-refractivity contribution < 1.29 is 14.6 Å². The molecule has 11 heavy (non-hydrogen) atoms. The predicted molar refractivity (Wildman–Crippen MR) is 42.1 cm³/mol. The highest BCUT2D eigenvalue weighted by atomic mass is 16.5. The molecule has 0 aromatic rings. The Hall–Kier alpha value is -0.830. The van der Waals surface area contributed by atoms with Gasteiger partial charge in [-0.05, 0) is 13.8 Å². The molecule has 0 aromatic heterocycles. The molecule has 0 amide bonds. The van der Waals surface area contributed by atoms with Gasteiger partial charge >= 0.3 is 5.97 Å². The molecule has 0 fully saturated rings. The highest BCUT2D eigenvalue weighted by molar-refractivity contribution is 5.86. The van der Waals surface area contributed by atoms with E-state index < -0.39 is 12.1 Å². The smallest absolute Gasteiger partial charge is 0.333 e. The van der Waals surface area contributed by atoms with E-state index in [0.29, 0.717) is 12.0 Å². The molecule has 0 aliphatic carbocycles. The van der Waals surface area contributed by atoms with Crippen molar-refractivity contribution in [3.63, 3.8) is 0 Å². The topological polar surface area (TPSA) is 46.5 Å². The molecule has 1 unspecified atom stereocenters. The molecule has 1 N–H and O–H groups in total. The Morgan fingerprint density at radius 2 is 2.27 bits per heavy atom. The Balaban J connectivity index is 3.40. The maximum Gasteiger partial charge on any atom is 0.333 e. The Bertz CT molecular complexity index is 149. The maximum atomic E-state index is 10.7. The van der Waals surface area contributed by atoms with Crippen molar-refractivity contribution in [2.75, 3.05) is 6.61 Å². The Labute approximate surface area is 66.7 Å².